The van der Waals surface area contributed by atoms with Gasteiger partial charge in [0, 0.05) is 23.1 Å². The number of thiophene rings is 1. The number of rotatable bonds is 1. The van der Waals surface area contributed by atoms with Crippen LogP contribution in [0.2, 0.25) is 0 Å². The Morgan fingerprint density at radius 3 is 2.77 bits per heavy atom. The number of Topliss-reactive ketones (excluding diaryl/α,β-unsaturated/α-hetero) is 2. The predicted molar refractivity (Wildman–Crippen MR) is 101 cm³/mol. The SMILES string of the molecule is C[C@]12C(=O)C[C@H](c3cccs3)[C@H]3CCCC[C@]31Oc1ccccc1C2=O. The minimum Gasteiger partial charge on any atom is -0.485 e. The fourth-order valence-corrected chi connectivity index (χ4v) is 6.55. The number of carbonyl (C=O) groups excluding carboxylic acids is 2. The number of fused-ring (bicyclic) bond motifs is 1. The zero-order valence-corrected chi connectivity index (χ0v) is 15.7. The summed E-state index contributed by atoms with van der Waals surface area (Å²) in [5.74, 6) is 1.03. The highest BCUT2D eigenvalue weighted by molar-refractivity contribution is 7.10. The van der Waals surface area contributed by atoms with Gasteiger partial charge in [-0.1, -0.05) is 24.6 Å². The van der Waals surface area contributed by atoms with Crippen LogP contribution in [0.25, 0.3) is 0 Å². The van der Waals surface area contributed by atoms with Crippen molar-refractivity contribution in [1.82, 2.24) is 0 Å². The molecule has 0 bridgehead atoms. The second kappa shape index (κ2) is 5.53. The molecule has 0 radical (unpaired) electrons. The average Bonchev–Trinajstić information content (AvgIpc) is 3.19. The molecule has 1 aromatic heterocycles. The predicted octanol–water partition coefficient (Wildman–Crippen LogP) is 5.02. The summed E-state index contributed by atoms with van der Waals surface area (Å²) in [6, 6.07) is 11.6. The molecule has 0 unspecified atom stereocenters. The van der Waals surface area contributed by atoms with Gasteiger partial charge in [-0.05, 0) is 49.8 Å². The van der Waals surface area contributed by atoms with Crippen LogP contribution in [0.3, 0.4) is 0 Å². The lowest BCUT2D eigenvalue weighted by Crippen LogP contribution is -2.69. The number of hydrogen-bond acceptors (Lipinski definition) is 4. The molecule has 2 aromatic rings. The minimum atomic E-state index is -1.07. The molecule has 5 rings (SSSR count). The molecule has 1 spiro atoms. The first-order valence-corrected chi connectivity index (χ1v) is 10.4. The highest BCUT2D eigenvalue weighted by Crippen LogP contribution is 2.62. The van der Waals surface area contributed by atoms with E-state index >= 15 is 0 Å². The Labute approximate surface area is 157 Å². The molecule has 2 saturated carbocycles. The molecule has 3 nitrogen and oxygen atoms in total. The van der Waals surface area contributed by atoms with Crippen molar-refractivity contribution in [1.29, 1.82) is 0 Å². The van der Waals surface area contributed by atoms with Gasteiger partial charge < -0.3 is 4.74 Å². The van der Waals surface area contributed by atoms with Crippen LogP contribution in [0.5, 0.6) is 5.75 Å². The second-order valence-corrected chi connectivity index (χ2v) is 9.02. The molecule has 2 heterocycles. The van der Waals surface area contributed by atoms with Gasteiger partial charge in [0.2, 0.25) is 0 Å². The molecule has 26 heavy (non-hydrogen) atoms. The standard InChI is InChI=1S/C22H22O3S/c1-21-19(23)13-15(18-10-6-12-26-18)16-8-4-5-11-22(16,21)25-17-9-3-2-7-14(17)20(21)24/h2-3,6-7,9-10,12,15-16H,4-5,8,11,13H2,1H3/t15-,16+,21+,22-/m0/s1. The highest BCUT2D eigenvalue weighted by atomic mass is 32.1. The average molecular weight is 366 g/mol. The number of benzene rings is 1. The summed E-state index contributed by atoms with van der Waals surface area (Å²) in [6.07, 6.45) is 4.38. The molecule has 0 amide bonds. The first-order chi connectivity index (χ1) is 12.6. The van der Waals surface area contributed by atoms with Gasteiger partial charge in [-0.3, -0.25) is 9.59 Å². The Morgan fingerprint density at radius 1 is 1.12 bits per heavy atom. The molecule has 134 valence electrons. The molecule has 0 saturated heterocycles. The van der Waals surface area contributed by atoms with Crippen molar-refractivity contribution in [2.24, 2.45) is 11.3 Å². The molecular weight excluding hydrogens is 344 g/mol. The molecular formula is C22H22O3S. The molecule has 1 aromatic carbocycles. The van der Waals surface area contributed by atoms with E-state index < -0.39 is 11.0 Å². The quantitative estimate of drug-likeness (QED) is 0.666. The summed E-state index contributed by atoms with van der Waals surface area (Å²) in [7, 11) is 0. The smallest absolute Gasteiger partial charge is 0.183 e. The van der Waals surface area contributed by atoms with Crippen molar-refractivity contribution in [3.63, 3.8) is 0 Å². The lowest BCUT2D eigenvalue weighted by Gasteiger charge is -2.59. The van der Waals surface area contributed by atoms with Crippen LogP contribution in [0, 0.1) is 11.3 Å². The third-order valence-corrected chi connectivity index (χ3v) is 8.00. The number of ether oxygens (including phenoxy) is 1. The Hall–Kier alpha value is -1.94. The van der Waals surface area contributed by atoms with Gasteiger partial charge in [0.25, 0.3) is 0 Å². The molecule has 4 atom stereocenters. The van der Waals surface area contributed by atoms with Gasteiger partial charge in [0.05, 0.1) is 5.56 Å². The zero-order chi connectivity index (χ0) is 17.9. The Bertz CT molecular complexity index is 887. The maximum Gasteiger partial charge on any atom is 0.183 e. The summed E-state index contributed by atoms with van der Waals surface area (Å²) < 4.78 is 6.66. The summed E-state index contributed by atoms with van der Waals surface area (Å²) in [6.45, 7) is 1.86. The van der Waals surface area contributed by atoms with E-state index in [-0.39, 0.29) is 23.4 Å². The molecule has 2 aliphatic carbocycles. The largest absolute Gasteiger partial charge is 0.485 e. The third-order valence-electron chi connectivity index (χ3n) is 6.99. The zero-order valence-electron chi connectivity index (χ0n) is 14.9. The van der Waals surface area contributed by atoms with Crippen LogP contribution in [0.1, 0.15) is 60.2 Å². The van der Waals surface area contributed by atoms with Gasteiger partial charge in [-0.2, -0.15) is 0 Å². The van der Waals surface area contributed by atoms with E-state index in [0.717, 1.165) is 25.7 Å². The number of ketones is 2. The summed E-state index contributed by atoms with van der Waals surface area (Å²) in [4.78, 5) is 28.2. The lowest BCUT2D eigenvalue weighted by molar-refractivity contribution is -0.165. The monoisotopic (exact) mass is 366 g/mol. The minimum absolute atomic E-state index is 0.0409. The van der Waals surface area contributed by atoms with Crippen LogP contribution >= 0.6 is 11.3 Å². The van der Waals surface area contributed by atoms with Gasteiger partial charge in [0.1, 0.15) is 16.8 Å². The Balaban J connectivity index is 1.72. The Kier molecular flexibility index (Phi) is 3.45. The Morgan fingerprint density at radius 2 is 1.96 bits per heavy atom. The molecule has 1 aliphatic heterocycles. The van der Waals surface area contributed by atoms with E-state index in [0.29, 0.717) is 17.7 Å². The van der Waals surface area contributed by atoms with Gasteiger partial charge in [0.15, 0.2) is 11.6 Å². The van der Waals surface area contributed by atoms with E-state index in [4.69, 9.17) is 4.74 Å². The van der Waals surface area contributed by atoms with Crippen molar-refractivity contribution in [2.75, 3.05) is 0 Å². The van der Waals surface area contributed by atoms with Crippen molar-refractivity contribution < 1.29 is 14.3 Å². The number of hydrogen-bond donors (Lipinski definition) is 0. The summed E-state index contributed by atoms with van der Waals surface area (Å²) in [5, 5.41) is 2.07. The van der Waals surface area contributed by atoms with E-state index in [1.165, 1.54) is 4.88 Å². The maximum absolute atomic E-state index is 13.5. The number of para-hydroxylation sites is 1. The molecule has 4 heteroatoms. The van der Waals surface area contributed by atoms with Crippen LogP contribution < -0.4 is 4.74 Å². The topological polar surface area (TPSA) is 43.4 Å². The first-order valence-electron chi connectivity index (χ1n) is 9.47. The van der Waals surface area contributed by atoms with Crippen LogP contribution in [0.4, 0.5) is 0 Å². The fraction of sp³-hybridized carbons (Fsp3) is 0.455. The normalized spacial score (nSPS) is 35.9. The molecule has 0 N–H and O–H groups in total. The van der Waals surface area contributed by atoms with Crippen molar-refractivity contribution in [3.8, 4) is 5.75 Å². The van der Waals surface area contributed by atoms with Crippen LogP contribution in [-0.2, 0) is 4.79 Å². The van der Waals surface area contributed by atoms with E-state index in [1.54, 1.807) is 17.4 Å². The van der Waals surface area contributed by atoms with E-state index in [1.807, 2.05) is 25.1 Å². The van der Waals surface area contributed by atoms with Gasteiger partial charge in [-0.25, -0.2) is 0 Å². The molecule has 2 fully saturated rings. The fourth-order valence-electron chi connectivity index (χ4n) is 5.66. The second-order valence-electron chi connectivity index (χ2n) is 8.04. The molecule has 3 aliphatic rings. The van der Waals surface area contributed by atoms with Crippen molar-refractivity contribution in [3.05, 3.63) is 52.2 Å². The maximum atomic E-state index is 13.5. The van der Waals surface area contributed by atoms with Gasteiger partial charge in [-0.15, -0.1) is 11.3 Å². The van der Waals surface area contributed by atoms with E-state index in [9.17, 15) is 9.59 Å². The number of carbonyl (C=O) groups is 2. The first kappa shape index (κ1) is 16.2. The lowest BCUT2D eigenvalue weighted by atomic mass is 9.48. The highest BCUT2D eigenvalue weighted by Gasteiger charge is 2.69. The summed E-state index contributed by atoms with van der Waals surface area (Å²) >= 11 is 1.72. The summed E-state index contributed by atoms with van der Waals surface area (Å²) in [5.41, 5.74) is -1.21. The van der Waals surface area contributed by atoms with Gasteiger partial charge >= 0.3 is 0 Å². The third kappa shape index (κ3) is 1.88. The van der Waals surface area contributed by atoms with E-state index in [2.05, 4.69) is 17.5 Å². The van der Waals surface area contributed by atoms with Crippen LogP contribution in [0.15, 0.2) is 41.8 Å². The van der Waals surface area contributed by atoms with Crippen molar-refractivity contribution in [2.45, 2.75) is 50.5 Å². The van der Waals surface area contributed by atoms with Crippen molar-refractivity contribution >= 4 is 22.9 Å². The van der Waals surface area contributed by atoms with Crippen LogP contribution in [-0.4, -0.2) is 17.2 Å².